The molecular formula is C49H92NO8P. The number of phosphoric ester groups is 1. The topological polar surface area (TPSA) is 111 Å². The first-order valence-electron chi connectivity index (χ1n) is 24.2. The number of rotatable bonds is 44. The summed E-state index contributed by atoms with van der Waals surface area (Å²) in [5.74, 6) is -0.851. The fourth-order valence-corrected chi connectivity index (χ4v) is 7.44. The lowest BCUT2D eigenvalue weighted by Crippen LogP contribution is -2.37. The van der Waals surface area contributed by atoms with Gasteiger partial charge in [0.15, 0.2) is 6.10 Å². The summed E-state index contributed by atoms with van der Waals surface area (Å²) in [6.45, 7) is 4.09. The van der Waals surface area contributed by atoms with E-state index in [1.165, 1.54) is 122 Å². The fourth-order valence-electron chi connectivity index (χ4n) is 6.71. The van der Waals surface area contributed by atoms with Gasteiger partial charge in [-0.15, -0.1) is 0 Å². The molecule has 2 atom stereocenters. The molecule has 59 heavy (non-hydrogen) atoms. The van der Waals surface area contributed by atoms with Gasteiger partial charge >= 0.3 is 11.9 Å². The van der Waals surface area contributed by atoms with E-state index in [0.29, 0.717) is 17.4 Å². The molecule has 0 aromatic rings. The second kappa shape index (κ2) is 41.6. The maximum atomic E-state index is 12.7. The molecule has 0 bridgehead atoms. The van der Waals surface area contributed by atoms with Gasteiger partial charge in [0.25, 0.3) is 7.82 Å². The summed E-state index contributed by atoms with van der Waals surface area (Å²) in [6, 6.07) is 0. The second-order valence-corrected chi connectivity index (χ2v) is 18.9. The number of esters is 2. The van der Waals surface area contributed by atoms with E-state index in [0.717, 1.165) is 57.8 Å². The standard InChI is InChI=1S/C49H92NO8P/c1-6-8-10-12-14-16-18-20-21-22-23-24-25-26-27-28-30-31-33-35-37-39-41-48(51)55-45-47(46-57-59(53,54)56-44-43-50(3,4)5)58-49(52)42-40-38-36-34-32-29-19-17-15-13-11-9-7-2/h9,11,13,15,17,19,47H,6-8,10,12,14,16,18,20-46H2,1-5H3/b11-9+,15-13+,19-17+. The number of quaternary nitrogens is 1. The summed E-state index contributed by atoms with van der Waals surface area (Å²) in [6.07, 6.45) is 47.6. The highest BCUT2D eigenvalue weighted by atomic mass is 31.2. The van der Waals surface area contributed by atoms with Crippen LogP contribution in [0, 0.1) is 0 Å². The number of carbonyl (C=O) groups excluding carboxylic acids is 2. The summed E-state index contributed by atoms with van der Waals surface area (Å²) in [5, 5.41) is 0. The van der Waals surface area contributed by atoms with Crippen molar-refractivity contribution in [3.05, 3.63) is 36.5 Å². The zero-order valence-electron chi connectivity index (χ0n) is 39.0. The van der Waals surface area contributed by atoms with Gasteiger partial charge in [-0.2, -0.15) is 0 Å². The van der Waals surface area contributed by atoms with Crippen LogP contribution in [0.25, 0.3) is 0 Å². The monoisotopic (exact) mass is 854 g/mol. The SMILES string of the molecule is CC/C=C/C=C/C=C/CCCCCCCC(=O)OC(COC(=O)CCCCCCCCCCCCCCCCCCCCCCCC)COP(=O)([O-])OCC[N+](C)(C)C. The van der Waals surface area contributed by atoms with Gasteiger partial charge in [-0.1, -0.05) is 204 Å². The Kier molecular flexibility index (Phi) is 40.3. The Balaban J connectivity index is 4.20. The molecule has 0 saturated carbocycles. The van der Waals surface area contributed by atoms with Crippen LogP contribution in [0.1, 0.15) is 213 Å². The number of likely N-dealkylation sites (N-methyl/N-ethyl adjacent to an activating group) is 1. The van der Waals surface area contributed by atoms with Crippen molar-refractivity contribution >= 4 is 19.8 Å². The highest BCUT2D eigenvalue weighted by Crippen LogP contribution is 2.38. The minimum Gasteiger partial charge on any atom is -0.756 e. The maximum Gasteiger partial charge on any atom is 0.306 e. The van der Waals surface area contributed by atoms with Gasteiger partial charge < -0.3 is 27.9 Å². The lowest BCUT2D eigenvalue weighted by atomic mass is 10.0. The molecule has 346 valence electrons. The molecule has 0 rings (SSSR count). The number of allylic oxidation sites excluding steroid dienone is 6. The zero-order valence-corrected chi connectivity index (χ0v) is 39.8. The predicted molar refractivity (Wildman–Crippen MR) is 245 cm³/mol. The normalized spacial score (nSPS) is 13.8. The first-order valence-corrected chi connectivity index (χ1v) is 25.7. The summed E-state index contributed by atoms with van der Waals surface area (Å²) in [7, 11) is 1.15. The fraction of sp³-hybridized carbons (Fsp3) is 0.837. The van der Waals surface area contributed by atoms with Crippen molar-refractivity contribution in [3.63, 3.8) is 0 Å². The third-order valence-electron chi connectivity index (χ3n) is 10.5. The van der Waals surface area contributed by atoms with Crippen molar-refractivity contribution in [2.45, 2.75) is 219 Å². The molecule has 0 aromatic carbocycles. The Morgan fingerprint density at radius 1 is 0.542 bits per heavy atom. The van der Waals surface area contributed by atoms with E-state index in [-0.39, 0.29) is 32.0 Å². The van der Waals surface area contributed by atoms with Gasteiger partial charge in [0, 0.05) is 12.8 Å². The minimum absolute atomic E-state index is 0.0345. The quantitative estimate of drug-likeness (QED) is 0.0196. The van der Waals surface area contributed by atoms with Crippen LogP contribution in [0.2, 0.25) is 0 Å². The van der Waals surface area contributed by atoms with Crippen molar-refractivity contribution in [3.8, 4) is 0 Å². The third-order valence-corrected chi connectivity index (χ3v) is 11.4. The molecule has 0 aromatic heterocycles. The lowest BCUT2D eigenvalue weighted by Gasteiger charge is -2.28. The highest BCUT2D eigenvalue weighted by Gasteiger charge is 2.21. The molecule has 0 saturated heterocycles. The predicted octanol–water partition coefficient (Wildman–Crippen LogP) is 13.5. The average molecular weight is 854 g/mol. The van der Waals surface area contributed by atoms with Crippen molar-refractivity contribution in [1.29, 1.82) is 0 Å². The Hall–Kier alpha value is -1.77. The van der Waals surface area contributed by atoms with Gasteiger partial charge in [-0.3, -0.25) is 14.2 Å². The van der Waals surface area contributed by atoms with Crippen LogP contribution in [0.5, 0.6) is 0 Å². The van der Waals surface area contributed by atoms with Crippen LogP contribution in [-0.2, 0) is 32.7 Å². The number of hydrogen-bond donors (Lipinski definition) is 0. The van der Waals surface area contributed by atoms with Gasteiger partial charge in [0.05, 0.1) is 27.7 Å². The number of carbonyl (C=O) groups is 2. The van der Waals surface area contributed by atoms with Crippen molar-refractivity contribution in [2.75, 3.05) is 47.5 Å². The maximum absolute atomic E-state index is 12.7. The number of nitrogens with zero attached hydrogens (tertiary/aromatic N) is 1. The summed E-state index contributed by atoms with van der Waals surface area (Å²) in [4.78, 5) is 37.6. The van der Waals surface area contributed by atoms with E-state index in [1.54, 1.807) is 0 Å². The molecular weight excluding hydrogens is 762 g/mol. The number of ether oxygens (including phenoxy) is 2. The lowest BCUT2D eigenvalue weighted by molar-refractivity contribution is -0.870. The second-order valence-electron chi connectivity index (χ2n) is 17.5. The molecule has 0 aliphatic heterocycles. The first kappa shape index (κ1) is 57.2. The molecule has 2 unspecified atom stereocenters. The van der Waals surface area contributed by atoms with E-state index in [2.05, 4.69) is 32.1 Å². The molecule has 9 nitrogen and oxygen atoms in total. The molecule has 0 fully saturated rings. The molecule has 0 heterocycles. The largest absolute Gasteiger partial charge is 0.756 e. The molecule has 0 spiro atoms. The Morgan fingerprint density at radius 3 is 1.42 bits per heavy atom. The Labute approximate surface area is 363 Å². The van der Waals surface area contributed by atoms with Gasteiger partial charge in [0.2, 0.25) is 0 Å². The van der Waals surface area contributed by atoms with Crippen LogP contribution >= 0.6 is 7.82 Å². The minimum atomic E-state index is -4.63. The third kappa shape index (κ3) is 45.6. The van der Waals surface area contributed by atoms with Gasteiger partial charge in [0.1, 0.15) is 19.8 Å². The Bertz CT molecular complexity index is 1100. The van der Waals surface area contributed by atoms with E-state index in [9.17, 15) is 19.0 Å². The van der Waals surface area contributed by atoms with Crippen LogP contribution < -0.4 is 4.89 Å². The van der Waals surface area contributed by atoms with E-state index in [1.807, 2.05) is 39.4 Å². The number of unbranched alkanes of at least 4 members (excludes halogenated alkanes) is 26. The van der Waals surface area contributed by atoms with Crippen molar-refractivity contribution in [2.24, 2.45) is 0 Å². The van der Waals surface area contributed by atoms with Crippen LogP contribution in [0.4, 0.5) is 0 Å². The average Bonchev–Trinajstić information content (AvgIpc) is 3.19. The van der Waals surface area contributed by atoms with Gasteiger partial charge in [-0.05, 0) is 32.1 Å². The molecule has 0 N–H and O–H groups in total. The van der Waals surface area contributed by atoms with Crippen LogP contribution in [0.3, 0.4) is 0 Å². The molecule has 10 heteroatoms. The number of hydrogen-bond acceptors (Lipinski definition) is 8. The van der Waals surface area contributed by atoms with E-state index >= 15 is 0 Å². The highest BCUT2D eigenvalue weighted by molar-refractivity contribution is 7.45. The van der Waals surface area contributed by atoms with Gasteiger partial charge in [-0.25, -0.2) is 0 Å². The smallest absolute Gasteiger partial charge is 0.306 e. The first-order chi connectivity index (χ1) is 28.5. The van der Waals surface area contributed by atoms with Crippen LogP contribution in [0.15, 0.2) is 36.5 Å². The Morgan fingerprint density at radius 2 is 0.966 bits per heavy atom. The zero-order chi connectivity index (χ0) is 43.6. The van der Waals surface area contributed by atoms with Crippen molar-refractivity contribution in [1.82, 2.24) is 0 Å². The number of phosphoric acid groups is 1. The summed E-state index contributed by atoms with van der Waals surface area (Å²) < 4.78 is 33.9. The van der Waals surface area contributed by atoms with Crippen molar-refractivity contribution < 1.29 is 42.1 Å². The molecule has 0 radical (unpaired) electrons. The molecule has 0 amide bonds. The van der Waals surface area contributed by atoms with E-state index < -0.39 is 26.5 Å². The van der Waals surface area contributed by atoms with Crippen LogP contribution in [-0.4, -0.2) is 70.0 Å². The molecule has 0 aliphatic carbocycles. The summed E-state index contributed by atoms with van der Waals surface area (Å²) in [5.41, 5.74) is 0. The molecule has 0 aliphatic rings. The van der Waals surface area contributed by atoms with E-state index in [4.69, 9.17) is 18.5 Å². The summed E-state index contributed by atoms with van der Waals surface area (Å²) >= 11 is 0.